The van der Waals surface area contributed by atoms with Crippen LogP contribution in [0.1, 0.15) is 17.2 Å². The van der Waals surface area contributed by atoms with Gasteiger partial charge in [-0.2, -0.15) is 0 Å². The fourth-order valence-corrected chi connectivity index (χ4v) is 2.67. The van der Waals surface area contributed by atoms with E-state index in [2.05, 4.69) is 15.9 Å². The number of nitrogens with two attached hydrogens (primary N) is 1. The molecular weight excluding hydrogens is 334 g/mol. The molecule has 0 heterocycles. The van der Waals surface area contributed by atoms with Crippen LogP contribution in [0.5, 0.6) is 17.2 Å². The molecule has 4 nitrogen and oxygen atoms in total. The van der Waals surface area contributed by atoms with Crippen LogP contribution in [0.15, 0.2) is 40.9 Å². The van der Waals surface area contributed by atoms with Crippen LogP contribution in [-0.2, 0) is 0 Å². The van der Waals surface area contributed by atoms with Crippen molar-refractivity contribution in [3.8, 4) is 17.2 Å². The summed E-state index contributed by atoms with van der Waals surface area (Å²) in [5, 5.41) is 0. The number of methoxy groups -OCH3 is 3. The Morgan fingerprint density at radius 2 is 1.48 bits per heavy atom. The molecule has 112 valence electrons. The standard InChI is InChI=1S/C16H18BrNO3/c1-19-11-6-4-10(5-7-11)16(18)12-8-14(20-2)15(21-3)9-13(12)17/h4-9,16H,18H2,1-3H3. The Morgan fingerprint density at radius 3 is 2.00 bits per heavy atom. The second kappa shape index (κ2) is 6.83. The van der Waals surface area contributed by atoms with Gasteiger partial charge in [-0.25, -0.2) is 0 Å². The topological polar surface area (TPSA) is 53.7 Å². The van der Waals surface area contributed by atoms with Gasteiger partial charge in [-0.05, 0) is 35.4 Å². The van der Waals surface area contributed by atoms with Crippen LogP contribution in [0.25, 0.3) is 0 Å². The SMILES string of the molecule is COc1ccc(C(N)c2cc(OC)c(OC)cc2Br)cc1. The lowest BCUT2D eigenvalue weighted by Gasteiger charge is -2.17. The molecule has 0 aliphatic rings. The zero-order valence-corrected chi connectivity index (χ0v) is 13.8. The third kappa shape index (κ3) is 3.31. The highest BCUT2D eigenvalue weighted by Gasteiger charge is 2.16. The number of hydrogen-bond acceptors (Lipinski definition) is 4. The molecule has 0 bridgehead atoms. The van der Waals surface area contributed by atoms with Crippen molar-refractivity contribution in [2.75, 3.05) is 21.3 Å². The lowest BCUT2D eigenvalue weighted by molar-refractivity contribution is 0.354. The second-order valence-corrected chi connectivity index (χ2v) is 5.33. The number of hydrogen-bond donors (Lipinski definition) is 1. The molecule has 0 aliphatic carbocycles. The predicted molar refractivity (Wildman–Crippen MR) is 86.3 cm³/mol. The van der Waals surface area contributed by atoms with Gasteiger partial charge in [0, 0.05) is 4.47 Å². The summed E-state index contributed by atoms with van der Waals surface area (Å²) in [5.41, 5.74) is 8.27. The van der Waals surface area contributed by atoms with E-state index < -0.39 is 0 Å². The van der Waals surface area contributed by atoms with Gasteiger partial charge in [0.15, 0.2) is 11.5 Å². The first kappa shape index (κ1) is 15.7. The summed E-state index contributed by atoms with van der Waals surface area (Å²) >= 11 is 3.54. The molecule has 1 unspecified atom stereocenters. The fourth-order valence-electron chi connectivity index (χ4n) is 2.10. The number of rotatable bonds is 5. The van der Waals surface area contributed by atoms with Crippen molar-refractivity contribution in [3.63, 3.8) is 0 Å². The fraction of sp³-hybridized carbons (Fsp3) is 0.250. The maximum Gasteiger partial charge on any atom is 0.161 e. The number of halogens is 1. The minimum atomic E-state index is -0.273. The van der Waals surface area contributed by atoms with Gasteiger partial charge in [0.1, 0.15) is 5.75 Å². The molecule has 0 saturated heterocycles. The van der Waals surface area contributed by atoms with Crippen LogP contribution < -0.4 is 19.9 Å². The van der Waals surface area contributed by atoms with Crippen molar-refractivity contribution in [2.45, 2.75) is 6.04 Å². The van der Waals surface area contributed by atoms with E-state index in [9.17, 15) is 0 Å². The Kier molecular flexibility index (Phi) is 5.09. The molecule has 0 spiro atoms. The molecule has 0 aliphatic heterocycles. The molecule has 2 aromatic carbocycles. The first-order chi connectivity index (χ1) is 10.1. The molecule has 0 fully saturated rings. The normalized spacial score (nSPS) is 11.9. The quantitative estimate of drug-likeness (QED) is 0.895. The van der Waals surface area contributed by atoms with Crippen molar-refractivity contribution < 1.29 is 14.2 Å². The number of ether oxygens (including phenoxy) is 3. The van der Waals surface area contributed by atoms with E-state index >= 15 is 0 Å². The smallest absolute Gasteiger partial charge is 0.161 e. The minimum Gasteiger partial charge on any atom is -0.497 e. The van der Waals surface area contributed by atoms with Gasteiger partial charge in [0.2, 0.25) is 0 Å². The summed E-state index contributed by atoms with van der Waals surface area (Å²) in [6.45, 7) is 0. The molecule has 0 radical (unpaired) electrons. The monoisotopic (exact) mass is 351 g/mol. The summed E-state index contributed by atoms with van der Waals surface area (Å²) in [7, 11) is 4.85. The van der Waals surface area contributed by atoms with Crippen LogP contribution in [-0.4, -0.2) is 21.3 Å². The van der Waals surface area contributed by atoms with E-state index in [1.54, 1.807) is 21.3 Å². The van der Waals surface area contributed by atoms with Crippen LogP contribution in [0.2, 0.25) is 0 Å². The summed E-state index contributed by atoms with van der Waals surface area (Å²) in [5.74, 6) is 2.12. The Balaban J connectivity index is 2.39. The Hall–Kier alpha value is -1.72. The van der Waals surface area contributed by atoms with Crippen molar-refractivity contribution in [1.29, 1.82) is 0 Å². The highest BCUT2D eigenvalue weighted by atomic mass is 79.9. The molecule has 21 heavy (non-hydrogen) atoms. The van der Waals surface area contributed by atoms with E-state index in [1.165, 1.54) is 0 Å². The van der Waals surface area contributed by atoms with E-state index in [-0.39, 0.29) is 6.04 Å². The van der Waals surface area contributed by atoms with Crippen molar-refractivity contribution >= 4 is 15.9 Å². The van der Waals surface area contributed by atoms with E-state index in [1.807, 2.05) is 36.4 Å². The highest BCUT2D eigenvalue weighted by molar-refractivity contribution is 9.10. The van der Waals surface area contributed by atoms with Crippen molar-refractivity contribution in [3.05, 3.63) is 52.0 Å². The third-order valence-corrected chi connectivity index (χ3v) is 4.00. The molecule has 1 atom stereocenters. The molecule has 0 saturated carbocycles. The summed E-state index contributed by atoms with van der Waals surface area (Å²) in [6, 6.07) is 11.2. The molecule has 2 N–H and O–H groups in total. The predicted octanol–water partition coefficient (Wildman–Crippen LogP) is 3.52. The first-order valence-electron chi connectivity index (χ1n) is 6.41. The highest BCUT2D eigenvalue weighted by Crippen LogP contribution is 2.37. The minimum absolute atomic E-state index is 0.273. The lowest BCUT2D eigenvalue weighted by Crippen LogP contribution is -2.13. The maximum atomic E-state index is 6.36. The van der Waals surface area contributed by atoms with E-state index in [0.717, 1.165) is 21.3 Å². The molecular formula is C16H18BrNO3. The van der Waals surface area contributed by atoms with Gasteiger partial charge in [-0.15, -0.1) is 0 Å². The third-order valence-electron chi connectivity index (χ3n) is 3.31. The molecule has 0 amide bonds. The second-order valence-electron chi connectivity index (χ2n) is 4.48. The summed E-state index contributed by atoms with van der Waals surface area (Å²) in [6.07, 6.45) is 0. The molecule has 0 aromatic heterocycles. The average molecular weight is 352 g/mol. The van der Waals surface area contributed by atoms with Crippen LogP contribution in [0.3, 0.4) is 0 Å². The zero-order chi connectivity index (χ0) is 15.4. The summed E-state index contributed by atoms with van der Waals surface area (Å²) < 4.78 is 16.6. The summed E-state index contributed by atoms with van der Waals surface area (Å²) in [4.78, 5) is 0. The Labute approximate surface area is 132 Å². The Bertz CT molecular complexity index is 614. The largest absolute Gasteiger partial charge is 0.497 e. The first-order valence-corrected chi connectivity index (χ1v) is 7.21. The maximum absolute atomic E-state index is 6.36. The van der Waals surface area contributed by atoms with Crippen LogP contribution in [0, 0.1) is 0 Å². The van der Waals surface area contributed by atoms with Gasteiger partial charge in [0.05, 0.1) is 27.4 Å². The number of benzene rings is 2. The van der Waals surface area contributed by atoms with E-state index in [0.29, 0.717) is 11.5 Å². The van der Waals surface area contributed by atoms with Gasteiger partial charge in [0.25, 0.3) is 0 Å². The van der Waals surface area contributed by atoms with Gasteiger partial charge in [-0.1, -0.05) is 28.1 Å². The molecule has 2 rings (SSSR count). The van der Waals surface area contributed by atoms with Crippen LogP contribution >= 0.6 is 15.9 Å². The molecule has 2 aromatic rings. The molecule has 5 heteroatoms. The Morgan fingerprint density at radius 1 is 0.905 bits per heavy atom. The van der Waals surface area contributed by atoms with Gasteiger partial charge >= 0.3 is 0 Å². The van der Waals surface area contributed by atoms with E-state index in [4.69, 9.17) is 19.9 Å². The van der Waals surface area contributed by atoms with Crippen molar-refractivity contribution in [2.24, 2.45) is 5.73 Å². The lowest BCUT2D eigenvalue weighted by atomic mass is 9.99. The van der Waals surface area contributed by atoms with Gasteiger partial charge < -0.3 is 19.9 Å². The van der Waals surface area contributed by atoms with Crippen LogP contribution in [0.4, 0.5) is 0 Å². The zero-order valence-electron chi connectivity index (χ0n) is 12.2. The average Bonchev–Trinajstić information content (AvgIpc) is 2.54. The van der Waals surface area contributed by atoms with Crippen molar-refractivity contribution in [1.82, 2.24) is 0 Å². The van der Waals surface area contributed by atoms with Gasteiger partial charge in [-0.3, -0.25) is 0 Å².